The Morgan fingerprint density at radius 2 is 1.85 bits per heavy atom. The Labute approximate surface area is 242 Å². The van der Waals surface area contributed by atoms with E-state index in [9.17, 15) is 4.39 Å². The predicted molar refractivity (Wildman–Crippen MR) is 169 cm³/mol. The highest BCUT2D eigenvalue weighted by Gasteiger charge is 2.25. The van der Waals surface area contributed by atoms with Gasteiger partial charge in [-0.25, -0.2) is 9.38 Å². The average molecular weight is 548 g/mol. The SMILES string of the molecule is C=C1C(N/C(=C/CC)CNC)=CN=C(c2cc(C)ccc2C)N1Cc1cccc(-n2cc(C)c3cc(F)ccc32)c1. The number of hydrogen-bond donors (Lipinski definition) is 2. The Hall–Kier alpha value is -4.42. The summed E-state index contributed by atoms with van der Waals surface area (Å²) >= 11 is 0. The van der Waals surface area contributed by atoms with Gasteiger partial charge in [-0.2, -0.15) is 0 Å². The maximum Gasteiger partial charge on any atom is 0.140 e. The van der Waals surface area contributed by atoms with Crippen molar-refractivity contribution in [2.24, 2.45) is 4.99 Å². The van der Waals surface area contributed by atoms with Crippen LogP contribution in [0.2, 0.25) is 0 Å². The van der Waals surface area contributed by atoms with E-state index < -0.39 is 0 Å². The van der Waals surface area contributed by atoms with Crippen molar-refractivity contribution < 1.29 is 4.39 Å². The molecule has 1 aliphatic rings. The molecule has 1 aromatic heterocycles. The number of nitrogens with one attached hydrogen (secondary N) is 2. The molecule has 0 saturated carbocycles. The van der Waals surface area contributed by atoms with Crippen molar-refractivity contribution in [1.29, 1.82) is 0 Å². The van der Waals surface area contributed by atoms with Crippen LogP contribution in [-0.4, -0.2) is 28.9 Å². The number of rotatable bonds is 9. The summed E-state index contributed by atoms with van der Waals surface area (Å²) in [6, 6.07) is 19.9. The van der Waals surface area contributed by atoms with Crippen LogP contribution in [-0.2, 0) is 6.54 Å². The predicted octanol–water partition coefficient (Wildman–Crippen LogP) is 7.42. The van der Waals surface area contributed by atoms with Gasteiger partial charge < -0.3 is 20.1 Å². The van der Waals surface area contributed by atoms with Crippen molar-refractivity contribution in [2.75, 3.05) is 13.6 Å². The van der Waals surface area contributed by atoms with Crippen molar-refractivity contribution in [2.45, 2.75) is 40.7 Å². The van der Waals surface area contributed by atoms with Crippen LogP contribution >= 0.6 is 0 Å². The van der Waals surface area contributed by atoms with Crippen LogP contribution in [0.5, 0.6) is 0 Å². The van der Waals surface area contributed by atoms with Crippen LogP contribution in [0.15, 0.2) is 108 Å². The van der Waals surface area contributed by atoms with Crippen LogP contribution in [0.4, 0.5) is 4.39 Å². The van der Waals surface area contributed by atoms with E-state index >= 15 is 0 Å². The summed E-state index contributed by atoms with van der Waals surface area (Å²) in [6.45, 7) is 14.2. The molecule has 2 N–H and O–H groups in total. The van der Waals surface area contributed by atoms with E-state index in [4.69, 9.17) is 4.99 Å². The third-order valence-corrected chi connectivity index (χ3v) is 7.45. The third kappa shape index (κ3) is 5.88. The zero-order chi connectivity index (χ0) is 29.1. The molecule has 0 amide bonds. The summed E-state index contributed by atoms with van der Waals surface area (Å²) in [5.74, 6) is 0.651. The largest absolute Gasteiger partial charge is 0.355 e. The van der Waals surface area contributed by atoms with Gasteiger partial charge in [0.2, 0.25) is 0 Å². The zero-order valence-corrected chi connectivity index (χ0v) is 24.6. The Morgan fingerprint density at radius 3 is 2.63 bits per heavy atom. The van der Waals surface area contributed by atoms with Crippen LogP contribution < -0.4 is 10.6 Å². The Kier molecular flexibility index (Phi) is 8.22. The van der Waals surface area contributed by atoms with Crippen LogP contribution in [0, 0.1) is 26.6 Å². The number of aromatic nitrogens is 1. The topological polar surface area (TPSA) is 44.6 Å². The zero-order valence-electron chi connectivity index (χ0n) is 24.6. The van der Waals surface area contributed by atoms with Gasteiger partial charge in [-0.3, -0.25) is 0 Å². The summed E-state index contributed by atoms with van der Waals surface area (Å²) in [5.41, 5.74) is 10.4. The first-order chi connectivity index (χ1) is 19.8. The van der Waals surface area contributed by atoms with E-state index in [1.807, 2.05) is 26.2 Å². The molecule has 5 rings (SSSR count). The molecule has 0 unspecified atom stereocenters. The monoisotopic (exact) mass is 547 g/mol. The number of benzene rings is 3. The van der Waals surface area contributed by atoms with Gasteiger partial charge in [-0.1, -0.05) is 49.4 Å². The minimum atomic E-state index is -0.224. The lowest BCUT2D eigenvalue weighted by atomic mass is 10.0. The third-order valence-electron chi connectivity index (χ3n) is 7.45. The first kappa shape index (κ1) is 28.1. The van der Waals surface area contributed by atoms with Gasteiger partial charge in [0, 0.05) is 41.6 Å². The summed E-state index contributed by atoms with van der Waals surface area (Å²) < 4.78 is 16.1. The van der Waals surface area contributed by atoms with Gasteiger partial charge in [-0.15, -0.1) is 0 Å². The maximum absolute atomic E-state index is 14.0. The van der Waals surface area contributed by atoms with E-state index in [1.165, 1.54) is 11.6 Å². The molecular weight excluding hydrogens is 509 g/mol. The van der Waals surface area contributed by atoms with Crippen molar-refractivity contribution in [3.8, 4) is 5.69 Å². The molecule has 0 bridgehead atoms. The molecule has 0 atom stereocenters. The van der Waals surface area contributed by atoms with Gasteiger partial charge >= 0.3 is 0 Å². The fraction of sp³-hybridized carbons (Fsp3) is 0.229. The highest BCUT2D eigenvalue weighted by Crippen LogP contribution is 2.29. The number of nitrogens with zero attached hydrogens (tertiary/aromatic N) is 3. The molecule has 5 nitrogen and oxygen atoms in total. The second-order valence-electron chi connectivity index (χ2n) is 10.7. The second-order valence-corrected chi connectivity index (χ2v) is 10.7. The van der Waals surface area contributed by atoms with E-state index in [2.05, 4.69) is 102 Å². The Balaban J connectivity index is 1.54. The molecule has 1 aliphatic heterocycles. The molecule has 3 aromatic carbocycles. The molecule has 0 spiro atoms. The number of fused-ring (bicyclic) bond motifs is 1. The molecule has 2 heterocycles. The molecule has 0 radical (unpaired) electrons. The highest BCUT2D eigenvalue weighted by molar-refractivity contribution is 6.02. The lowest BCUT2D eigenvalue weighted by Crippen LogP contribution is -2.37. The number of aryl methyl sites for hydroxylation is 3. The number of allylic oxidation sites excluding steroid dienone is 1. The maximum atomic E-state index is 14.0. The van der Waals surface area contributed by atoms with E-state index in [-0.39, 0.29) is 5.82 Å². The van der Waals surface area contributed by atoms with Crippen molar-refractivity contribution in [1.82, 2.24) is 20.1 Å². The van der Waals surface area contributed by atoms with Crippen molar-refractivity contribution in [3.63, 3.8) is 0 Å². The number of likely N-dealkylation sites (N-methyl/N-ethyl adjacent to an activating group) is 1. The first-order valence-corrected chi connectivity index (χ1v) is 14.1. The number of amidine groups is 1. The van der Waals surface area contributed by atoms with E-state index in [0.29, 0.717) is 6.54 Å². The minimum absolute atomic E-state index is 0.224. The molecule has 0 saturated heterocycles. The Bertz CT molecular complexity index is 1710. The Morgan fingerprint density at radius 1 is 1.02 bits per heavy atom. The molecule has 0 fully saturated rings. The van der Waals surface area contributed by atoms with Crippen molar-refractivity contribution in [3.05, 3.63) is 136 Å². The summed E-state index contributed by atoms with van der Waals surface area (Å²) in [5, 5.41) is 7.72. The fourth-order valence-corrected chi connectivity index (χ4v) is 5.35. The van der Waals surface area contributed by atoms with Gasteiger partial charge in [0.15, 0.2) is 0 Å². The van der Waals surface area contributed by atoms with Crippen molar-refractivity contribution >= 4 is 16.7 Å². The number of aliphatic imine (C=N–C) groups is 1. The van der Waals surface area contributed by atoms with Gasteiger partial charge in [0.25, 0.3) is 0 Å². The molecule has 6 heteroatoms. The lowest BCUT2D eigenvalue weighted by Gasteiger charge is -2.33. The average Bonchev–Trinajstić information content (AvgIpc) is 3.28. The van der Waals surface area contributed by atoms with Crippen LogP contribution in [0.25, 0.3) is 16.6 Å². The number of hydrogen-bond acceptors (Lipinski definition) is 4. The molecule has 41 heavy (non-hydrogen) atoms. The minimum Gasteiger partial charge on any atom is -0.355 e. The van der Waals surface area contributed by atoms with Crippen LogP contribution in [0.3, 0.4) is 0 Å². The first-order valence-electron chi connectivity index (χ1n) is 14.1. The summed E-state index contributed by atoms with van der Waals surface area (Å²) in [6.07, 6.45) is 7.06. The quantitative estimate of drug-likeness (QED) is 0.229. The van der Waals surface area contributed by atoms with Gasteiger partial charge in [-0.05, 0) is 87.3 Å². The standard InChI is InChI=1S/C35H38FN5/c1-7-9-29(19-37-6)39-33-20-38-35(32-16-23(2)12-13-24(32)3)40(26(33)5)22-27-10-8-11-30(17-27)41-21-25(4)31-18-28(36)14-15-34(31)41/h8-18,20-21,37,39H,5,7,19,22H2,1-4,6H3/b29-9+. The highest BCUT2D eigenvalue weighted by atomic mass is 19.1. The molecule has 210 valence electrons. The second kappa shape index (κ2) is 12.0. The lowest BCUT2D eigenvalue weighted by molar-refractivity contribution is 0.503. The smallest absolute Gasteiger partial charge is 0.140 e. The molecule has 0 aliphatic carbocycles. The molecule has 4 aromatic rings. The van der Waals surface area contributed by atoms with E-state index in [0.717, 1.165) is 74.7 Å². The van der Waals surface area contributed by atoms with Gasteiger partial charge in [0.05, 0.1) is 23.1 Å². The molecular formula is C35H38FN5. The van der Waals surface area contributed by atoms with Crippen LogP contribution in [0.1, 0.15) is 41.2 Å². The van der Waals surface area contributed by atoms with Gasteiger partial charge in [0.1, 0.15) is 11.7 Å². The summed E-state index contributed by atoms with van der Waals surface area (Å²) in [4.78, 5) is 7.18. The normalized spacial score (nSPS) is 14.0. The summed E-state index contributed by atoms with van der Waals surface area (Å²) in [7, 11) is 1.94. The number of halogens is 1. The fourth-order valence-electron chi connectivity index (χ4n) is 5.35. The van der Waals surface area contributed by atoms with E-state index in [1.54, 1.807) is 6.07 Å².